The molecule has 0 saturated carbocycles. The molecule has 3 aromatic rings. The number of hydrogen-bond donors (Lipinski definition) is 1. The van der Waals surface area contributed by atoms with Crippen LogP contribution in [-0.2, 0) is 12.8 Å². The van der Waals surface area contributed by atoms with Gasteiger partial charge in [-0.1, -0.05) is 38.5 Å². The summed E-state index contributed by atoms with van der Waals surface area (Å²) >= 11 is 1.82. The summed E-state index contributed by atoms with van der Waals surface area (Å²) in [5.74, 6) is 0.725. The van der Waals surface area contributed by atoms with E-state index >= 15 is 0 Å². The quantitative estimate of drug-likeness (QED) is 0.348. The summed E-state index contributed by atoms with van der Waals surface area (Å²) in [6.07, 6.45) is 5.78. The number of aromatic nitrogens is 1. The predicted octanol–water partition coefficient (Wildman–Crippen LogP) is 6.44. The van der Waals surface area contributed by atoms with E-state index in [1.165, 1.54) is 34.5 Å². The average Bonchev–Trinajstić information content (AvgIpc) is 3.19. The Kier molecular flexibility index (Phi) is 8.15. The molecule has 0 bridgehead atoms. The van der Waals surface area contributed by atoms with Crippen LogP contribution in [0.25, 0.3) is 10.2 Å². The summed E-state index contributed by atoms with van der Waals surface area (Å²) in [4.78, 5) is 7.14. The lowest BCUT2D eigenvalue weighted by Crippen LogP contribution is -2.38. The van der Waals surface area contributed by atoms with Crippen molar-refractivity contribution in [1.82, 2.24) is 9.88 Å². The van der Waals surface area contributed by atoms with Crippen LogP contribution >= 0.6 is 11.3 Å². The molecule has 0 saturated heterocycles. The Morgan fingerprint density at radius 2 is 1.94 bits per heavy atom. The Labute approximate surface area is 201 Å². The van der Waals surface area contributed by atoms with E-state index in [9.17, 15) is 9.50 Å². The Morgan fingerprint density at radius 3 is 2.73 bits per heavy atom. The number of para-hydroxylation sites is 1. The number of aliphatic hydroxyl groups is 1. The molecule has 1 N–H and O–H groups in total. The maximum Gasteiger partial charge on any atom is 0.123 e. The second-order valence-corrected chi connectivity index (χ2v) is 11.1. The highest BCUT2D eigenvalue weighted by molar-refractivity contribution is 7.18. The van der Waals surface area contributed by atoms with Crippen molar-refractivity contribution >= 4 is 21.6 Å². The first-order valence-electron chi connectivity index (χ1n) is 12.4. The molecule has 178 valence electrons. The van der Waals surface area contributed by atoms with E-state index in [-0.39, 0.29) is 17.7 Å². The van der Waals surface area contributed by atoms with Gasteiger partial charge >= 0.3 is 0 Å². The van der Waals surface area contributed by atoms with E-state index < -0.39 is 6.10 Å². The number of nitrogens with zero attached hydrogens (tertiary/aromatic N) is 2. The van der Waals surface area contributed by atoms with Crippen LogP contribution in [0.1, 0.15) is 61.6 Å². The smallest absolute Gasteiger partial charge is 0.123 e. The number of halogens is 1. The third-order valence-electron chi connectivity index (χ3n) is 7.18. The second kappa shape index (κ2) is 11.1. The highest BCUT2D eigenvalue weighted by Crippen LogP contribution is 2.43. The first-order valence-corrected chi connectivity index (χ1v) is 13.2. The number of fused-ring (bicyclic) bond motifs is 2. The van der Waals surface area contributed by atoms with Crippen LogP contribution in [0.3, 0.4) is 0 Å². The molecule has 1 aliphatic rings. The van der Waals surface area contributed by atoms with Crippen molar-refractivity contribution in [1.29, 1.82) is 0 Å². The van der Waals surface area contributed by atoms with Gasteiger partial charge in [-0.2, -0.15) is 0 Å². The Morgan fingerprint density at radius 1 is 1.12 bits per heavy atom. The van der Waals surface area contributed by atoms with Gasteiger partial charge in [0.05, 0.1) is 21.3 Å². The molecule has 2 aromatic carbocycles. The molecule has 0 amide bonds. The van der Waals surface area contributed by atoms with E-state index in [0.717, 1.165) is 37.0 Å². The van der Waals surface area contributed by atoms with Gasteiger partial charge in [-0.15, -0.1) is 11.3 Å². The van der Waals surface area contributed by atoms with Crippen LogP contribution in [0, 0.1) is 17.7 Å². The van der Waals surface area contributed by atoms with Gasteiger partial charge in [0.1, 0.15) is 5.82 Å². The van der Waals surface area contributed by atoms with Crippen molar-refractivity contribution < 1.29 is 9.50 Å². The largest absolute Gasteiger partial charge is 0.392 e. The molecule has 3 nitrogen and oxygen atoms in total. The van der Waals surface area contributed by atoms with Crippen LogP contribution in [0.15, 0.2) is 42.5 Å². The maximum atomic E-state index is 13.7. The topological polar surface area (TPSA) is 36.4 Å². The third kappa shape index (κ3) is 6.00. The Balaban J connectivity index is 1.22. The fraction of sp³-hybridized carbons (Fsp3) is 0.536. The van der Waals surface area contributed by atoms with Gasteiger partial charge in [0.25, 0.3) is 0 Å². The third-order valence-corrected chi connectivity index (χ3v) is 8.28. The van der Waals surface area contributed by atoms with Crippen LogP contribution in [0.2, 0.25) is 0 Å². The van der Waals surface area contributed by atoms with Crippen LogP contribution < -0.4 is 0 Å². The molecule has 1 aromatic heterocycles. The number of benzene rings is 2. The monoisotopic (exact) mass is 468 g/mol. The van der Waals surface area contributed by atoms with Crippen LogP contribution in [0.4, 0.5) is 4.39 Å². The molecule has 3 atom stereocenters. The van der Waals surface area contributed by atoms with Crippen molar-refractivity contribution in [2.24, 2.45) is 11.8 Å². The van der Waals surface area contributed by atoms with Gasteiger partial charge in [0, 0.05) is 0 Å². The van der Waals surface area contributed by atoms with Gasteiger partial charge in [-0.3, -0.25) is 0 Å². The zero-order valence-corrected chi connectivity index (χ0v) is 21.0. The SMILES string of the molecule is CC(C)[C@@H]1c2ccc(F)cc2CC(O)[C@@H]1CCN(C)CCCCCc1nc2ccccc2s1. The zero-order chi connectivity index (χ0) is 23.4. The maximum absolute atomic E-state index is 13.7. The molecular formula is C28H37FN2OS. The van der Waals surface area contributed by atoms with E-state index in [2.05, 4.69) is 50.1 Å². The van der Waals surface area contributed by atoms with Crippen LogP contribution in [0.5, 0.6) is 0 Å². The zero-order valence-electron chi connectivity index (χ0n) is 20.1. The summed E-state index contributed by atoms with van der Waals surface area (Å²) in [5, 5.41) is 12.1. The number of aliphatic hydroxyl groups excluding tert-OH is 1. The second-order valence-electron chi connectivity index (χ2n) is 10.0. The molecule has 1 unspecified atom stereocenters. The summed E-state index contributed by atoms with van der Waals surface area (Å²) in [5.41, 5.74) is 3.34. The van der Waals surface area contributed by atoms with E-state index in [1.54, 1.807) is 12.1 Å². The lowest BCUT2D eigenvalue weighted by atomic mass is 9.67. The van der Waals surface area contributed by atoms with Crippen LogP contribution in [-0.4, -0.2) is 41.2 Å². The van der Waals surface area contributed by atoms with Crippen molar-refractivity contribution in [3.8, 4) is 0 Å². The van der Waals surface area contributed by atoms with Gasteiger partial charge in [0.15, 0.2) is 0 Å². The molecule has 5 heteroatoms. The van der Waals surface area contributed by atoms with Gasteiger partial charge in [0.2, 0.25) is 0 Å². The molecule has 1 aliphatic carbocycles. The average molecular weight is 469 g/mol. The minimum Gasteiger partial charge on any atom is -0.392 e. The molecule has 1 heterocycles. The van der Waals surface area contributed by atoms with Crippen molar-refractivity contribution in [2.45, 2.75) is 64.4 Å². The minimum atomic E-state index is -0.395. The standard InChI is InChI=1S/C28H37FN2OS/c1-19(2)28-22-13-12-21(29)17-20(22)18-25(32)23(28)14-16-31(3)15-8-4-5-11-27-30-24-9-6-7-10-26(24)33-27/h6-7,9-10,12-13,17,19,23,25,28,32H,4-5,8,11,14-16,18H2,1-3H3/t23-,25?,28+/m0/s1. The van der Waals surface area contributed by atoms with Crippen molar-refractivity contribution in [2.75, 3.05) is 20.1 Å². The fourth-order valence-corrected chi connectivity index (χ4v) is 6.50. The highest BCUT2D eigenvalue weighted by atomic mass is 32.1. The Hall–Kier alpha value is -1.82. The molecule has 0 aliphatic heterocycles. The number of thiazole rings is 1. The first-order chi connectivity index (χ1) is 15.9. The predicted molar refractivity (Wildman–Crippen MR) is 136 cm³/mol. The molecule has 0 spiro atoms. The van der Waals surface area contributed by atoms with Gasteiger partial charge < -0.3 is 10.0 Å². The number of rotatable bonds is 10. The molecule has 0 radical (unpaired) electrons. The summed E-state index contributed by atoms with van der Waals surface area (Å²) < 4.78 is 15.0. The van der Waals surface area contributed by atoms with Gasteiger partial charge in [-0.05, 0) is 105 Å². The van der Waals surface area contributed by atoms with Crippen molar-refractivity contribution in [3.05, 3.63) is 64.4 Å². The van der Waals surface area contributed by atoms with E-state index in [4.69, 9.17) is 4.98 Å². The van der Waals surface area contributed by atoms with E-state index in [1.807, 2.05) is 17.4 Å². The summed E-state index contributed by atoms with van der Waals surface area (Å²) in [6.45, 7) is 6.51. The number of unbranched alkanes of at least 4 members (excludes halogenated alkanes) is 2. The highest BCUT2D eigenvalue weighted by Gasteiger charge is 2.37. The number of aryl methyl sites for hydroxylation is 1. The first kappa shape index (κ1) is 24.3. The molecule has 33 heavy (non-hydrogen) atoms. The number of hydrogen-bond acceptors (Lipinski definition) is 4. The fourth-order valence-electron chi connectivity index (χ4n) is 5.49. The molecular weight excluding hydrogens is 431 g/mol. The minimum absolute atomic E-state index is 0.204. The normalized spacial score (nSPS) is 20.6. The van der Waals surface area contributed by atoms with Gasteiger partial charge in [-0.25, -0.2) is 9.37 Å². The summed E-state index contributed by atoms with van der Waals surface area (Å²) in [7, 11) is 2.19. The lowest BCUT2D eigenvalue weighted by molar-refractivity contribution is 0.0593. The van der Waals surface area contributed by atoms with E-state index in [0.29, 0.717) is 12.3 Å². The Bertz CT molecular complexity index is 1020. The van der Waals surface area contributed by atoms with Crippen molar-refractivity contribution in [3.63, 3.8) is 0 Å². The summed E-state index contributed by atoms with van der Waals surface area (Å²) in [6, 6.07) is 13.5. The molecule has 4 rings (SSSR count). The molecule has 0 fully saturated rings. The lowest BCUT2D eigenvalue weighted by Gasteiger charge is -2.40.